The van der Waals surface area contributed by atoms with Crippen LogP contribution in [0, 0.1) is 5.92 Å². The summed E-state index contributed by atoms with van der Waals surface area (Å²) in [6.45, 7) is 2.32. The largest absolute Gasteiger partial charge is 0.495 e. The number of rotatable bonds is 6. The number of imidazole rings is 1. The average molecular weight is 519 g/mol. The first-order valence-corrected chi connectivity index (χ1v) is 12.3. The number of nitrogens with zero attached hydrogens (tertiary/aromatic N) is 3. The number of fused-ring (bicyclic) bond motifs is 1. The monoisotopic (exact) mass is 518 g/mol. The van der Waals surface area contributed by atoms with E-state index < -0.39 is 0 Å². The molecule has 1 aliphatic rings. The highest BCUT2D eigenvalue weighted by atomic mass is 79.9. The number of methoxy groups -OCH3 is 1. The quantitative estimate of drug-likeness (QED) is 0.358. The molecule has 0 unspecified atom stereocenters. The Morgan fingerprint density at radius 3 is 2.79 bits per heavy atom. The van der Waals surface area contributed by atoms with Crippen LogP contribution >= 0.6 is 15.9 Å². The minimum atomic E-state index is -0.0811. The van der Waals surface area contributed by atoms with Crippen LogP contribution in [0.15, 0.2) is 77.3 Å². The standard InChI is InChI=1S/C27H27BrN4O2/c1-34-25-14-5-3-12-23(25)30-27(33)19-8-7-15-31(17-19)18-26-29-22-11-2-4-13-24(22)32(26)21-10-6-9-20(28)16-21/h2-6,9-14,16,19H,7-8,15,17-18H2,1H3,(H,30,33)/t19-/m1/s1. The van der Waals surface area contributed by atoms with Crippen molar-refractivity contribution in [3.8, 4) is 11.4 Å². The predicted octanol–water partition coefficient (Wildman–Crippen LogP) is 5.65. The number of halogens is 1. The Morgan fingerprint density at radius 1 is 1.12 bits per heavy atom. The van der Waals surface area contributed by atoms with E-state index >= 15 is 0 Å². The summed E-state index contributed by atoms with van der Waals surface area (Å²) in [6.07, 6.45) is 1.85. The van der Waals surface area contributed by atoms with Crippen LogP contribution in [0.25, 0.3) is 16.7 Å². The summed E-state index contributed by atoms with van der Waals surface area (Å²) in [6, 6.07) is 24.0. The van der Waals surface area contributed by atoms with Crippen molar-refractivity contribution in [3.05, 3.63) is 83.1 Å². The van der Waals surface area contributed by atoms with E-state index in [0.717, 1.165) is 46.4 Å². The Balaban J connectivity index is 1.37. The molecule has 0 spiro atoms. The van der Waals surface area contributed by atoms with Crippen LogP contribution in [0.5, 0.6) is 5.75 Å². The molecule has 0 aliphatic carbocycles. The maximum absolute atomic E-state index is 13.1. The number of nitrogens with one attached hydrogen (secondary N) is 1. The van der Waals surface area contributed by atoms with E-state index in [4.69, 9.17) is 9.72 Å². The van der Waals surface area contributed by atoms with Crippen LogP contribution in [0.1, 0.15) is 18.7 Å². The number of carbonyl (C=O) groups is 1. The molecule has 1 N–H and O–H groups in total. The van der Waals surface area contributed by atoms with Crippen LogP contribution in [0.4, 0.5) is 5.69 Å². The van der Waals surface area contributed by atoms with E-state index in [1.165, 1.54) is 0 Å². The summed E-state index contributed by atoms with van der Waals surface area (Å²) < 4.78 is 8.63. The third kappa shape index (κ3) is 4.72. The number of hydrogen-bond donors (Lipinski definition) is 1. The predicted molar refractivity (Wildman–Crippen MR) is 138 cm³/mol. The Labute approximate surface area is 207 Å². The molecule has 34 heavy (non-hydrogen) atoms. The van der Waals surface area contributed by atoms with E-state index in [1.807, 2.05) is 54.6 Å². The summed E-state index contributed by atoms with van der Waals surface area (Å²) in [5.74, 6) is 1.60. The molecule has 0 saturated carbocycles. The fraction of sp³-hybridized carbons (Fsp3) is 0.259. The Kier molecular flexibility index (Phi) is 6.65. The second-order valence-corrected chi connectivity index (χ2v) is 9.51. The van der Waals surface area contributed by atoms with E-state index in [1.54, 1.807) is 7.11 Å². The van der Waals surface area contributed by atoms with Gasteiger partial charge in [0.15, 0.2) is 0 Å². The Morgan fingerprint density at radius 2 is 1.94 bits per heavy atom. The Hall–Kier alpha value is -3.16. The van der Waals surface area contributed by atoms with Gasteiger partial charge in [-0.3, -0.25) is 14.3 Å². The Bertz CT molecular complexity index is 1320. The van der Waals surface area contributed by atoms with Gasteiger partial charge < -0.3 is 10.1 Å². The average Bonchev–Trinajstić information content (AvgIpc) is 3.22. The smallest absolute Gasteiger partial charge is 0.228 e. The zero-order valence-corrected chi connectivity index (χ0v) is 20.7. The summed E-state index contributed by atoms with van der Waals surface area (Å²) in [7, 11) is 1.62. The molecule has 3 aromatic carbocycles. The first-order valence-electron chi connectivity index (χ1n) is 11.5. The molecular weight excluding hydrogens is 492 g/mol. The lowest BCUT2D eigenvalue weighted by molar-refractivity contribution is -0.121. The normalized spacial score (nSPS) is 16.5. The summed E-state index contributed by atoms with van der Waals surface area (Å²) in [4.78, 5) is 20.4. The lowest BCUT2D eigenvalue weighted by Crippen LogP contribution is -2.40. The number of carbonyl (C=O) groups excluding carboxylic acids is 1. The third-order valence-electron chi connectivity index (χ3n) is 6.30. The fourth-order valence-electron chi connectivity index (χ4n) is 4.68. The number of piperidine rings is 1. The van der Waals surface area contributed by atoms with Crippen LogP contribution in [-0.4, -0.2) is 40.6 Å². The van der Waals surface area contributed by atoms with Crippen molar-refractivity contribution in [1.29, 1.82) is 0 Å². The molecule has 1 amide bonds. The van der Waals surface area contributed by atoms with Gasteiger partial charge in [0.2, 0.25) is 5.91 Å². The molecule has 2 heterocycles. The first kappa shape index (κ1) is 22.6. The molecule has 5 rings (SSSR count). The molecule has 1 saturated heterocycles. The molecule has 1 atom stereocenters. The van der Waals surface area contributed by atoms with Gasteiger partial charge in [0.05, 0.1) is 36.3 Å². The van der Waals surface area contributed by atoms with Crippen LogP contribution in [-0.2, 0) is 11.3 Å². The van der Waals surface area contributed by atoms with Gasteiger partial charge in [0.25, 0.3) is 0 Å². The summed E-state index contributed by atoms with van der Waals surface area (Å²) in [5, 5.41) is 3.06. The maximum Gasteiger partial charge on any atom is 0.228 e. The number of likely N-dealkylation sites (tertiary alicyclic amines) is 1. The molecule has 0 bridgehead atoms. The van der Waals surface area contributed by atoms with Crippen molar-refractivity contribution in [1.82, 2.24) is 14.5 Å². The molecule has 6 nitrogen and oxygen atoms in total. The molecule has 7 heteroatoms. The SMILES string of the molecule is COc1ccccc1NC(=O)[C@@H]1CCCN(Cc2nc3ccccc3n2-c2cccc(Br)c2)C1. The van der Waals surface area contributed by atoms with Crippen LogP contribution in [0.3, 0.4) is 0 Å². The fourth-order valence-corrected chi connectivity index (χ4v) is 5.07. The first-order chi connectivity index (χ1) is 16.6. The van der Waals surface area contributed by atoms with Gasteiger partial charge in [0.1, 0.15) is 11.6 Å². The van der Waals surface area contributed by atoms with Crippen molar-refractivity contribution in [3.63, 3.8) is 0 Å². The lowest BCUT2D eigenvalue weighted by Gasteiger charge is -2.32. The maximum atomic E-state index is 13.1. The van der Waals surface area contributed by atoms with Gasteiger partial charge in [-0.1, -0.05) is 46.3 Å². The van der Waals surface area contributed by atoms with Crippen molar-refractivity contribution in [2.75, 3.05) is 25.5 Å². The summed E-state index contributed by atoms with van der Waals surface area (Å²) in [5.41, 5.74) is 3.84. The number of hydrogen-bond acceptors (Lipinski definition) is 4. The number of amides is 1. The molecule has 1 fully saturated rings. The number of para-hydroxylation sites is 4. The van der Waals surface area contributed by atoms with Gasteiger partial charge in [-0.05, 0) is 61.9 Å². The molecule has 4 aromatic rings. The number of anilines is 1. The second kappa shape index (κ2) is 9.99. The van der Waals surface area contributed by atoms with E-state index in [0.29, 0.717) is 24.5 Å². The van der Waals surface area contributed by atoms with Crippen molar-refractivity contribution in [2.24, 2.45) is 5.92 Å². The number of ether oxygens (including phenoxy) is 1. The molecule has 0 radical (unpaired) electrons. The van der Waals surface area contributed by atoms with E-state index in [2.05, 4.69) is 48.9 Å². The van der Waals surface area contributed by atoms with Crippen LogP contribution in [0.2, 0.25) is 0 Å². The molecule has 174 valence electrons. The second-order valence-electron chi connectivity index (χ2n) is 8.60. The highest BCUT2D eigenvalue weighted by Crippen LogP contribution is 2.28. The zero-order valence-electron chi connectivity index (χ0n) is 19.1. The van der Waals surface area contributed by atoms with Gasteiger partial charge in [-0.25, -0.2) is 4.98 Å². The summed E-state index contributed by atoms with van der Waals surface area (Å²) >= 11 is 3.60. The number of benzene rings is 3. The van der Waals surface area contributed by atoms with Gasteiger partial charge in [-0.15, -0.1) is 0 Å². The third-order valence-corrected chi connectivity index (χ3v) is 6.80. The van der Waals surface area contributed by atoms with Gasteiger partial charge in [0, 0.05) is 16.7 Å². The molecule has 1 aromatic heterocycles. The highest BCUT2D eigenvalue weighted by molar-refractivity contribution is 9.10. The highest BCUT2D eigenvalue weighted by Gasteiger charge is 2.27. The van der Waals surface area contributed by atoms with Crippen molar-refractivity contribution < 1.29 is 9.53 Å². The van der Waals surface area contributed by atoms with Gasteiger partial charge >= 0.3 is 0 Å². The van der Waals surface area contributed by atoms with E-state index in [-0.39, 0.29) is 11.8 Å². The minimum Gasteiger partial charge on any atom is -0.495 e. The topological polar surface area (TPSA) is 59.4 Å². The van der Waals surface area contributed by atoms with Gasteiger partial charge in [-0.2, -0.15) is 0 Å². The molecular formula is C27H27BrN4O2. The molecule has 1 aliphatic heterocycles. The zero-order chi connectivity index (χ0) is 23.5. The number of aromatic nitrogens is 2. The van der Waals surface area contributed by atoms with Crippen molar-refractivity contribution in [2.45, 2.75) is 19.4 Å². The van der Waals surface area contributed by atoms with Crippen LogP contribution < -0.4 is 10.1 Å². The lowest BCUT2D eigenvalue weighted by atomic mass is 9.97. The van der Waals surface area contributed by atoms with Crippen molar-refractivity contribution >= 4 is 38.6 Å². The van der Waals surface area contributed by atoms with E-state index in [9.17, 15) is 4.79 Å². The minimum absolute atomic E-state index is 0.0368.